The zero-order valence-electron chi connectivity index (χ0n) is 12.2. The van der Waals surface area contributed by atoms with Crippen molar-refractivity contribution in [3.63, 3.8) is 0 Å². The second-order valence-electron chi connectivity index (χ2n) is 5.49. The Morgan fingerprint density at radius 2 is 1.88 bits per heavy atom. The lowest BCUT2D eigenvalue weighted by atomic mass is 9.90. The topological polar surface area (TPSA) is 47.6 Å². The molecule has 0 unspecified atom stereocenters. The quantitative estimate of drug-likeness (QED) is 0.596. The number of carbonyl (C=O) groups is 1. The number of hydrogen-bond donors (Lipinski definition) is 1. The predicted octanol–water partition coefficient (Wildman–Crippen LogP) is 4.32. The van der Waals surface area contributed by atoms with E-state index in [1.807, 2.05) is 11.2 Å². The number of ether oxygens (including phenoxy) is 2. The van der Waals surface area contributed by atoms with Crippen molar-refractivity contribution in [3.8, 4) is 17.6 Å². The Morgan fingerprint density at radius 3 is 2.44 bits per heavy atom. The highest BCUT2D eigenvalue weighted by Crippen LogP contribution is 2.48. The number of carbonyl (C=O) groups excluding carboxylic acids is 1. The van der Waals surface area contributed by atoms with Crippen LogP contribution in [-0.2, 0) is 10.3 Å². The maximum atomic E-state index is 13.7. The lowest BCUT2D eigenvalue weighted by molar-refractivity contribution is -0.274. The molecule has 1 saturated carbocycles. The van der Waals surface area contributed by atoms with E-state index in [0.717, 1.165) is 12.1 Å². The fourth-order valence-corrected chi connectivity index (χ4v) is 2.26. The summed E-state index contributed by atoms with van der Waals surface area (Å²) in [7, 11) is 0. The van der Waals surface area contributed by atoms with Gasteiger partial charge in [0.25, 0.3) is 5.60 Å². The first kappa shape index (κ1) is 17.3. The van der Waals surface area contributed by atoms with Gasteiger partial charge in [-0.25, -0.2) is 4.79 Å². The predicted molar refractivity (Wildman–Crippen MR) is 71.5 cm³/mol. The van der Waals surface area contributed by atoms with Crippen LogP contribution in [0.3, 0.4) is 0 Å². The number of amides is 1. The molecule has 1 N–H and O–H groups in total. The second kappa shape index (κ2) is 5.47. The van der Waals surface area contributed by atoms with E-state index < -0.39 is 35.5 Å². The van der Waals surface area contributed by atoms with E-state index in [1.165, 1.54) is 0 Å². The van der Waals surface area contributed by atoms with Crippen molar-refractivity contribution >= 4 is 11.8 Å². The van der Waals surface area contributed by atoms with Gasteiger partial charge in [-0.3, -0.25) is 5.32 Å². The van der Waals surface area contributed by atoms with E-state index in [1.54, 1.807) is 0 Å². The third-order valence-electron chi connectivity index (χ3n) is 3.52. The fourth-order valence-electron chi connectivity index (χ4n) is 2.26. The summed E-state index contributed by atoms with van der Waals surface area (Å²) in [6.45, 7) is 0. The molecule has 1 heterocycles. The summed E-state index contributed by atoms with van der Waals surface area (Å²) < 4.78 is 86.3. The number of alkyl halides is 6. The minimum absolute atomic E-state index is 0.258. The molecule has 0 saturated heterocycles. The molecule has 1 aromatic carbocycles. The number of nitrogens with one attached hydrogen (secondary N) is 1. The lowest BCUT2D eigenvalue weighted by Gasteiger charge is -2.35. The van der Waals surface area contributed by atoms with Crippen LogP contribution in [0.4, 0.5) is 36.8 Å². The number of benzene rings is 1. The molecule has 0 bridgehead atoms. The summed E-state index contributed by atoms with van der Waals surface area (Å²) in [4.78, 5) is 11.5. The van der Waals surface area contributed by atoms with Crippen molar-refractivity contribution in [2.45, 2.75) is 31.0 Å². The Hall–Kier alpha value is -2.57. The Kier molecular flexibility index (Phi) is 3.78. The van der Waals surface area contributed by atoms with Gasteiger partial charge in [0.1, 0.15) is 5.75 Å². The number of rotatable bonds is 1. The Morgan fingerprint density at radius 1 is 1.20 bits per heavy atom. The minimum atomic E-state index is -5.17. The second-order valence-corrected chi connectivity index (χ2v) is 5.49. The van der Waals surface area contributed by atoms with Gasteiger partial charge in [-0.05, 0) is 37.0 Å². The van der Waals surface area contributed by atoms with Crippen molar-refractivity contribution in [3.05, 3.63) is 23.8 Å². The molecule has 0 aromatic heterocycles. The van der Waals surface area contributed by atoms with Crippen LogP contribution in [0.25, 0.3) is 0 Å². The van der Waals surface area contributed by atoms with Crippen molar-refractivity contribution in [2.75, 3.05) is 5.32 Å². The van der Waals surface area contributed by atoms with Gasteiger partial charge in [0, 0.05) is 11.5 Å². The van der Waals surface area contributed by atoms with E-state index >= 15 is 0 Å². The normalized spacial score (nSPS) is 22.9. The van der Waals surface area contributed by atoms with Gasteiger partial charge >= 0.3 is 18.6 Å². The summed E-state index contributed by atoms with van der Waals surface area (Å²) in [6, 6.07) is 2.17. The average molecular weight is 365 g/mol. The van der Waals surface area contributed by atoms with Gasteiger partial charge in [0.2, 0.25) is 0 Å². The van der Waals surface area contributed by atoms with Crippen LogP contribution >= 0.6 is 0 Å². The first-order valence-corrected chi connectivity index (χ1v) is 7.00. The van der Waals surface area contributed by atoms with Crippen LogP contribution in [0, 0.1) is 17.8 Å². The molecule has 1 amide bonds. The van der Waals surface area contributed by atoms with E-state index in [9.17, 15) is 31.1 Å². The maximum Gasteiger partial charge on any atom is 0.573 e. The third kappa shape index (κ3) is 3.45. The number of cyclic esters (lactones) is 1. The SMILES string of the molecule is O=C1Nc2ccc(OC(F)(F)F)cc2[C@@](C#CC2CC2)(C(F)(F)F)O1. The first-order chi connectivity index (χ1) is 11.5. The van der Waals surface area contributed by atoms with Crippen molar-refractivity contribution in [2.24, 2.45) is 5.92 Å². The van der Waals surface area contributed by atoms with Crippen LogP contribution in [0.1, 0.15) is 18.4 Å². The van der Waals surface area contributed by atoms with Crippen molar-refractivity contribution in [1.82, 2.24) is 0 Å². The van der Waals surface area contributed by atoms with Crippen molar-refractivity contribution < 1.29 is 40.6 Å². The summed E-state index contributed by atoms with van der Waals surface area (Å²) >= 11 is 0. The van der Waals surface area contributed by atoms with Gasteiger partial charge in [-0.2, -0.15) is 13.2 Å². The molecule has 134 valence electrons. The van der Waals surface area contributed by atoms with Gasteiger partial charge in [0.05, 0.1) is 5.69 Å². The molecule has 0 spiro atoms. The molecular weight excluding hydrogens is 356 g/mol. The monoisotopic (exact) mass is 365 g/mol. The molecule has 1 aromatic rings. The molecule has 2 aliphatic rings. The smallest absolute Gasteiger partial charge is 0.415 e. The van der Waals surface area contributed by atoms with Gasteiger partial charge < -0.3 is 9.47 Å². The molecule has 0 radical (unpaired) electrons. The standard InChI is InChI=1S/C15H9F6NO3/c16-14(17,18)13(6-5-8-1-2-8)10-7-9(24-15(19,20)21)3-4-11(10)22-12(23)25-13/h3-4,7-8H,1-2H2,(H,22,23)/t13-/m0/s1. The molecule has 1 aliphatic heterocycles. The molecule has 4 nitrogen and oxygen atoms in total. The molecule has 1 fully saturated rings. The highest BCUT2D eigenvalue weighted by Gasteiger charge is 2.62. The van der Waals surface area contributed by atoms with Gasteiger partial charge in [0.15, 0.2) is 0 Å². The third-order valence-corrected chi connectivity index (χ3v) is 3.52. The molecule has 10 heteroatoms. The van der Waals surface area contributed by atoms with E-state index in [2.05, 4.69) is 15.4 Å². The number of hydrogen-bond acceptors (Lipinski definition) is 3. The van der Waals surface area contributed by atoms with Crippen molar-refractivity contribution in [1.29, 1.82) is 0 Å². The van der Waals surface area contributed by atoms with Crippen LogP contribution < -0.4 is 10.1 Å². The summed E-state index contributed by atoms with van der Waals surface area (Å²) in [5, 5.41) is 2.01. The molecule has 25 heavy (non-hydrogen) atoms. The Bertz CT molecular complexity index is 772. The van der Waals surface area contributed by atoms with Crippen LogP contribution in [-0.4, -0.2) is 18.6 Å². The molecule has 3 rings (SSSR count). The van der Waals surface area contributed by atoms with Crippen LogP contribution in [0.15, 0.2) is 18.2 Å². The highest BCUT2D eigenvalue weighted by molar-refractivity contribution is 5.90. The van der Waals surface area contributed by atoms with Gasteiger partial charge in [-0.1, -0.05) is 5.92 Å². The number of halogens is 6. The summed E-state index contributed by atoms with van der Waals surface area (Å²) in [5.41, 5.74) is -4.49. The lowest BCUT2D eigenvalue weighted by Crippen LogP contribution is -2.49. The zero-order valence-corrected chi connectivity index (χ0v) is 12.2. The van der Waals surface area contributed by atoms with E-state index in [-0.39, 0.29) is 11.6 Å². The van der Waals surface area contributed by atoms with E-state index in [0.29, 0.717) is 18.9 Å². The number of fused-ring (bicyclic) bond motifs is 1. The minimum Gasteiger partial charge on any atom is -0.415 e. The van der Waals surface area contributed by atoms with E-state index in [4.69, 9.17) is 0 Å². The van der Waals surface area contributed by atoms with Crippen LogP contribution in [0.2, 0.25) is 0 Å². The fraction of sp³-hybridized carbons (Fsp3) is 0.400. The largest absolute Gasteiger partial charge is 0.573 e. The highest BCUT2D eigenvalue weighted by atomic mass is 19.4. The van der Waals surface area contributed by atoms with Crippen LogP contribution in [0.5, 0.6) is 5.75 Å². The summed E-state index contributed by atoms with van der Waals surface area (Å²) in [6.07, 6.45) is -10.4. The zero-order chi connectivity index (χ0) is 18.5. The summed E-state index contributed by atoms with van der Waals surface area (Å²) in [5.74, 6) is 3.14. The van der Waals surface area contributed by atoms with Gasteiger partial charge in [-0.15, -0.1) is 13.2 Å². The first-order valence-electron chi connectivity index (χ1n) is 7.00. The molecule has 1 aliphatic carbocycles. The number of anilines is 1. The molecule has 1 atom stereocenters. The molecular formula is C15H9F6NO3. The Labute approximate surface area is 137 Å². The maximum absolute atomic E-state index is 13.7. The Balaban J connectivity index is 2.15. The average Bonchev–Trinajstić information content (AvgIpc) is 3.26.